The first-order chi connectivity index (χ1) is 8.63. The monoisotopic (exact) mass is 269 g/mol. The van der Waals surface area contributed by atoms with Gasteiger partial charge in [0, 0.05) is 23.7 Å². The molecule has 2 amide bonds. The van der Waals surface area contributed by atoms with Crippen molar-refractivity contribution in [1.82, 2.24) is 16.0 Å². The predicted octanol–water partition coefficient (Wildman–Crippen LogP) is 0.405. The molecular weight excluding hydrogens is 254 g/mol. The molecule has 1 aromatic rings. The summed E-state index contributed by atoms with van der Waals surface area (Å²) in [5, 5.41) is 8.69. The molecule has 18 heavy (non-hydrogen) atoms. The maximum atomic E-state index is 11.6. The molecule has 0 aliphatic rings. The summed E-state index contributed by atoms with van der Waals surface area (Å²) in [5.74, 6) is -0.284. The highest BCUT2D eigenvalue weighted by Gasteiger charge is 2.04. The number of carbonyl (C=O) groups is 2. The summed E-state index contributed by atoms with van der Waals surface area (Å²) in [4.78, 5) is 22.7. The number of carbonyl (C=O) groups excluding carboxylic acids is 2. The third-order valence-corrected chi connectivity index (χ3v) is 2.43. The second-order valence-corrected chi connectivity index (χ2v) is 4.08. The number of rotatable bonds is 6. The molecule has 1 aromatic carbocycles. The van der Waals surface area contributed by atoms with E-state index in [2.05, 4.69) is 16.0 Å². The van der Waals surface area contributed by atoms with Gasteiger partial charge in [-0.3, -0.25) is 9.59 Å². The van der Waals surface area contributed by atoms with Gasteiger partial charge < -0.3 is 16.0 Å². The van der Waals surface area contributed by atoms with Crippen LogP contribution in [0.4, 0.5) is 0 Å². The molecule has 3 N–H and O–H groups in total. The van der Waals surface area contributed by atoms with Crippen LogP contribution < -0.4 is 16.0 Å². The van der Waals surface area contributed by atoms with Gasteiger partial charge in [-0.25, -0.2) is 0 Å². The van der Waals surface area contributed by atoms with Gasteiger partial charge in [-0.1, -0.05) is 11.6 Å². The summed E-state index contributed by atoms with van der Waals surface area (Å²) in [6, 6.07) is 6.62. The highest BCUT2D eigenvalue weighted by atomic mass is 35.5. The number of nitrogens with one attached hydrogen (secondary N) is 3. The molecule has 0 saturated carbocycles. The summed E-state index contributed by atoms with van der Waals surface area (Å²) in [5.41, 5.74) is 0.543. The van der Waals surface area contributed by atoms with E-state index in [0.717, 1.165) is 0 Å². The Morgan fingerprint density at radius 3 is 2.33 bits per heavy atom. The van der Waals surface area contributed by atoms with Crippen molar-refractivity contribution < 1.29 is 9.59 Å². The van der Waals surface area contributed by atoms with Crippen LogP contribution in [0.3, 0.4) is 0 Å². The first-order valence-corrected chi connectivity index (χ1v) is 5.96. The molecule has 0 aliphatic carbocycles. The molecule has 0 spiro atoms. The number of hydrogen-bond acceptors (Lipinski definition) is 3. The SMILES string of the molecule is CNCC(=O)NCCNC(=O)c1ccc(Cl)cc1. The van der Waals surface area contributed by atoms with Crippen LogP contribution in [0.1, 0.15) is 10.4 Å². The highest BCUT2D eigenvalue weighted by molar-refractivity contribution is 6.30. The van der Waals surface area contributed by atoms with Crippen molar-refractivity contribution >= 4 is 23.4 Å². The Morgan fingerprint density at radius 1 is 1.11 bits per heavy atom. The van der Waals surface area contributed by atoms with Crippen LogP contribution in [0.25, 0.3) is 0 Å². The van der Waals surface area contributed by atoms with Crippen molar-refractivity contribution in [3.05, 3.63) is 34.9 Å². The quantitative estimate of drug-likeness (QED) is 0.655. The lowest BCUT2D eigenvalue weighted by Gasteiger charge is -2.07. The Morgan fingerprint density at radius 2 is 1.72 bits per heavy atom. The fourth-order valence-electron chi connectivity index (χ4n) is 1.30. The maximum absolute atomic E-state index is 11.6. The van der Waals surface area contributed by atoms with Crippen molar-refractivity contribution in [3.63, 3.8) is 0 Å². The van der Waals surface area contributed by atoms with Gasteiger partial charge in [0.2, 0.25) is 5.91 Å². The highest BCUT2D eigenvalue weighted by Crippen LogP contribution is 2.08. The Bertz CT molecular complexity index is 406. The third-order valence-electron chi connectivity index (χ3n) is 2.18. The van der Waals surface area contributed by atoms with Gasteiger partial charge in [-0.15, -0.1) is 0 Å². The minimum atomic E-state index is -0.186. The molecule has 0 unspecified atom stereocenters. The molecule has 1 rings (SSSR count). The lowest BCUT2D eigenvalue weighted by molar-refractivity contribution is -0.120. The van der Waals surface area contributed by atoms with Crippen LogP contribution in [0.5, 0.6) is 0 Å². The van der Waals surface area contributed by atoms with Gasteiger partial charge in [0.05, 0.1) is 6.54 Å². The predicted molar refractivity (Wildman–Crippen MR) is 70.7 cm³/mol. The summed E-state index contributed by atoms with van der Waals surface area (Å²) >= 11 is 5.72. The molecule has 98 valence electrons. The lowest BCUT2D eigenvalue weighted by atomic mass is 10.2. The summed E-state index contributed by atoms with van der Waals surface area (Å²) < 4.78 is 0. The molecule has 0 bridgehead atoms. The summed E-state index contributed by atoms with van der Waals surface area (Å²) in [6.45, 7) is 1.06. The molecule has 0 aliphatic heterocycles. The molecule has 5 nitrogen and oxygen atoms in total. The first-order valence-electron chi connectivity index (χ1n) is 5.58. The molecule has 0 aromatic heterocycles. The van der Waals surface area contributed by atoms with Crippen LogP contribution in [0, 0.1) is 0 Å². The van der Waals surface area contributed by atoms with Crippen LogP contribution in [-0.2, 0) is 4.79 Å². The number of benzene rings is 1. The van der Waals surface area contributed by atoms with Crippen molar-refractivity contribution in [2.45, 2.75) is 0 Å². The molecule has 0 saturated heterocycles. The number of likely N-dealkylation sites (N-methyl/N-ethyl adjacent to an activating group) is 1. The fraction of sp³-hybridized carbons (Fsp3) is 0.333. The largest absolute Gasteiger partial charge is 0.353 e. The average molecular weight is 270 g/mol. The average Bonchev–Trinajstić information content (AvgIpc) is 2.35. The van der Waals surface area contributed by atoms with E-state index < -0.39 is 0 Å². The number of halogens is 1. The van der Waals surface area contributed by atoms with E-state index in [9.17, 15) is 9.59 Å². The second kappa shape index (κ2) is 7.68. The van der Waals surface area contributed by atoms with E-state index in [4.69, 9.17) is 11.6 Å². The molecule has 0 fully saturated rings. The third kappa shape index (κ3) is 5.16. The van der Waals surface area contributed by atoms with Gasteiger partial charge in [0.25, 0.3) is 5.91 Å². The van der Waals surface area contributed by atoms with Gasteiger partial charge in [-0.05, 0) is 31.3 Å². The van der Waals surface area contributed by atoms with Crippen LogP contribution in [0.15, 0.2) is 24.3 Å². The minimum Gasteiger partial charge on any atom is -0.353 e. The van der Waals surface area contributed by atoms with E-state index in [1.165, 1.54) is 0 Å². The lowest BCUT2D eigenvalue weighted by Crippen LogP contribution is -2.38. The van der Waals surface area contributed by atoms with Crippen molar-refractivity contribution in [2.24, 2.45) is 0 Å². The molecule has 0 heterocycles. The zero-order chi connectivity index (χ0) is 13.4. The van der Waals surface area contributed by atoms with Gasteiger partial charge >= 0.3 is 0 Å². The van der Waals surface area contributed by atoms with E-state index >= 15 is 0 Å². The Labute approximate surface area is 111 Å². The Hall–Kier alpha value is -1.59. The zero-order valence-corrected chi connectivity index (χ0v) is 10.9. The van der Waals surface area contributed by atoms with Crippen LogP contribution in [0.2, 0.25) is 5.02 Å². The zero-order valence-electron chi connectivity index (χ0n) is 10.1. The van der Waals surface area contributed by atoms with Crippen LogP contribution in [-0.4, -0.2) is 38.5 Å². The standard InChI is InChI=1S/C12H16ClN3O2/c1-14-8-11(17)15-6-7-16-12(18)9-2-4-10(13)5-3-9/h2-5,14H,6-8H2,1H3,(H,15,17)(H,16,18). The van der Waals surface area contributed by atoms with E-state index in [1.807, 2.05) is 0 Å². The second-order valence-electron chi connectivity index (χ2n) is 3.64. The summed E-state index contributed by atoms with van der Waals surface area (Å²) in [6.07, 6.45) is 0. The fourth-order valence-corrected chi connectivity index (χ4v) is 1.43. The molecular formula is C12H16ClN3O2. The molecule has 0 atom stereocenters. The summed E-state index contributed by atoms with van der Waals surface area (Å²) in [7, 11) is 1.70. The Kier molecular flexibility index (Phi) is 6.18. The maximum Gasteiger partial charge on any atom is 0.251 e. The van der Waals surface area contributed by atoms with Crippen molar-refractivity contribution in [1.29, 1.82) is 0 Å². The minimum absolute atomic E-state index is 0.0989. The van der Waals surface area contributed by atoms with Gasteiger partial charge in [-0.2, -0.15) is 0 Å². The molecule has 0 radical (unpaired) electrons. The number of hydrogen-bond donors (Lipinski definition) is 3. The normalized spacial score (nSPS) is 9.89. The Balaban J connectivity index is 2.25. The van der Waals surface area contributed by atoms with Crippen molar-refractivity contribution in [2.75, 3.05) is 26.7 Å². The van der Waals surface area contributed by atoms with Crippen LogP contribution >= 0.6 is 11.6 Å². The van der Waals surface area contributed by atoms with E-state index in [0.29, 0.717) is 23.7 Å². The smallest absolute Gasteiger partial charge is 0.251 e. The van der Waals surface area contributed by atoms with Gasteiger partial charge in [0.1, 0.15) is 0 Å². The van der Waals surface area contributed by atoms with E-state index in [-0.39, 0.29) is 18.4 Å². The van der Waals surface area contributed by atoms with Crippen molar-refractivity contribution in [3.8, 4) is 0 Å². The topological polar surface area (TPSA) is 70.2 Å². The number of amides is 2. The first kappa shape index (κ1) is 14.5. The van der Waals surface area contributed by atoms with E-state index in [1.54, 1.807) is 31.3 Å². The van der Waals surface area contributed by atoms with Gasteiger partial charge in [0.15, 0.2) is 0 Å². The molecule has 6 heteroatoms.